The zero-order valence-corrected chi connectivity index (χ0v) is 17.3. The summed E-state index contributed by atoms with van der Waals surface area (Å²) in [5, 5.41) is 2.66. The fourth-order valence-electron chi connectivity index (χ4n) is 2.67. The van der Waals surface area contributed by atoms with E-state index in [0.717, 1.165) is 12.1 Å². The summed E-state index contributed by atoms with van der Waals surface area (Å²) in [6.45, 7) is 1.77. The van der Waals surface area contributed by atoms with Gasteiger partial charge in [-0.2, -0.15) is 0 Å². The van der Waals surface area contributed by atoms with Gasteiger partial charge in [0, 0.05) is 11.4 Å². The third-order valence-electron chi connectivity index (χ3n) is 4.28. The number of sulfonamides is 1. The highest BCUT2D eigenvalue weighted by Crippen LogP contribution is 2.20. The van der Waals surface area contributed by atoms with Crippen molar-refractivity contribution in [2.45, 2.75) is 24.3 Å². The van der Waals surface area contributed by atoms with Crippen molar-refractivity contribution in [3.8, 4) is 5.75 Å². The fourth-order valence-corrected chi connectivity index (χ4v) is 3.73. The molecular weight excluding hydrogens is 426 g/mol. The van der Waals surface area contributed by atoms with Gasteiger partial charge in [0.2, 0.25) is 0 Å². The Labute approximate surface area is 178 Å². The Morgan fingerprint density at radius 2 is 1.39 bits per heavy atom. The maximum atomic E-state index is 13.0. The third-order valence-corrected chi connectivity index (χ3v) is 5.68. The summed E-state index contributed by atoms with van der Waals surface area (Å²) in [6, 6.07) is 15.8. The van der Waals surface area contributed by atoms with Crippen LogP contribution in [0.1, 0.15) is 13.3 Å². The third kappa shape index (κ3) is 6.02. The van der Waals surface area contributed by atoms with Crippen LogP contribution in [-0.4, -0.2) is 20.4 Å². The minimum Gasteiger partial charge on any atom is -0.481 e. The molecule has 1 atom stereocenters. The topological polar surface area (TPSA) is 84.5 Å². The predicted octanol–water partition coefficient (Wildman–Crippen LogP) is 4.56. The predicted molar refractivity (Wildman–Crippen MR) is 113 cm³/mol. The van der Waals surface area contributed by atoms with Crippen LogP contribution in [0.25, 0.3) is 0 Å². The van der Waals surface area contributed by atoms with Crippen molar-refractivity contribution in [2.24, 2.45) is 0 Å². The van der Waals surface area contributed by atoms with Gasteiger partial charge in [0.15, 0.2) is 6.10 Å². The molecule has 6 nitrogen and oxygen atoms in total. The molecule has 0 heterocycles. The van der Waals surface area contributed by atoms with Gasteiger partial charge in [-0.15, -0.1) is 0 Å². The number of amides is 1. The molecule has 0 saturated heterocycles. The fraction of sp³-hybridized carbons (Fsp3) is 0.136. The first-order valence-corrected chi connectivity index (χ1v) is 10.9. The molecule has 1 amide bonds. The van der Waals surface area contributed by atoms with Crippen molar-refractivity contribution in [2.75, 3.05) is 10.0 Å². The van der Waals surface area contributed by atoms with Crippen molar-refractivity contribution in [3.05, 3.63) is 84.4 Å². The molecule has 0 bridgehead atoms. The van der Waals surface area contributed by atoms with Crippen LogP contribution in [0.4, 0.5) is 20.2 Å². The molecule has 0 fully saturated rings. The number of carbonyl (C=O) groups is 1. The highest BCUT2D eigenvalue weighted by atomic mass is 32.2. The first-order chi connectivity index (χ1) is 14.8. The standard InChI is InChI=1S/C22H20F2N2O4S/c1-2-21(30-19-11-5-16(24)6-12-19)22(27)25-17-9-13-20(14-10-17)31(28,29)26-18-7-3-15(23)4-8-18/h3-14,21,26H,2H2,1H3,(H,25,27). The second kappa shape index (κ2) is 9.57. The number of rotatable bonds is 8. The number of benzene rings is 3. The van der Waals surface area contributed by atoms with E-state index in [-0.39, 0.29) is 10.6 Å². The summed E-state index contributed by atoms with van der Waals surface area (Å²) in [4.78, 5) is 12.5. The highest BCUT2D eigenvalue weighted by molar-refractivity contribution is 7.92. The molecule has 3 aromatic rings. The summed E-state index contributed by atoms with van der Waals surface area (Å²) in [5.74, 6) is -0.950. The normalized spacial score (nSPS) is 12.1. The Morgan fingerprint density at radius 3 is 1.94 bits per heavy atom. The molecule has 2 N–H and O–H groups in total. The second-order valence-corrected chi connectivity index (χ2v) is 8.28. The molecule has 0 aliphatic rings. The Balaban J connectivity index is 1.65. The molecule has 1 unspecified atom stereocenters. The van der Waals surface area contributed by atoms with E-state index in [1.807, 2.05) is 0 Å². The van der Waals surface area contributed by atoms with Gasteiger partial charge in [0.1, 0.15) is 17.4 Å². The zero-order valence-electron chi connectivity index (χ0n) is 16.5. The van der Waals surface area contributed by atoms with Crippen molar-refractivity contribution in [1.29, 1.82) is 0 Å². The molecule has 9 heteroatoms. The van der Waals surface area contributed by atoms with E-state index < -0.39 is 33.7 Å². The van der Waals surface area contributed by atoms with Gasteiger partial charge in [-0.1, -0.05) is 6.92 Å². The van der Waals surface area contributed by atoms with E-state index in [4.69, 9.17) is 4.74 Å². The lowest BCUT2D eigenvalue weighted by atomic mass is 10.2. The first kappa shape index (κ1) is 22.2. The van der Waals surface area contributed by atoms with E-state index in [1.54, 1.807) is 6.92 Å². The van der Waals surface area contributed by atoms with Crippen LogP contribution >= 0.6 is 0 Å². The number of anilines is 2. The molecular formula is C22H20F2N2O4S. The van der Waals surface area contributed by atoms with Crippen LogP contribution in [0.3, 0.4) is 0 Å². The van der Waals surface area contributed by atoms with Gasteiger partial charge in [0.05, 0.1) is 4.90 Å². The maximum Gasteiger partial charge on any atom is 0.265 e. The maximum absolute atomic E-state index is 13.0. The van der Waals surface area contributed by atoms with Gasteiger partial charge in [-0.25, -0.2) is 17.2 Å². The average molecular weight is 446 g/mol. The molecule has 31 heavy (non-hydrogen) atoms. The monoisotopic (exact) mass is 446 g/mol. The van der Waals surface area contributed by atoms with Crippen LogP contribution in [0.2, 0.25) is 0 Å². The van der Waals surface area contributed by atoms with Gasteiger partial charge >= 0.3 is 0 Å². The van der Waals surface area contributed by atoms with Gasteiger partial charge in [-0.05, 0) is 79.2 Å². The number of ether oxygens (including phenoxy) is 1. The largest absolute Gasteiger partial charge is 0.481 e. The average Bonchev–Trinajstić information content (AvgIpc) is 2.75. The van der Waals surface area contributed by atoms with E-state index in [9.17, 15) is 22.0 Å². The summed E-state index contributed by atoms with van der Waals surface area (Å²) >= 11 is 0. The number of hydrogen-bond donors (Lipinski definition) is 2. The lowest BCUT2D eigenvalue weighted by Crippen LogP contribution is -2.32. The van der Waals surface area contributed by atoms with Crippen molar-refractivity contribution < 1.29 is 26.7 Å². The highest BCUT2D eigenvalue weighted by Gasteiger charge is 2.19. The molecule has 0 aliphatic heterocycles. The Morgan fingerprint density at radius 1 is 0.871 bits per heavy atom. The summed E-state index contributed by atoms with van der Waals surface area (Å²) in [5.41, 5.74) is 0.606. The molecule has 0 aliphatic carbocycles. The smallest absolute Gasteiger partial charge is 0.265 e. The molecule has 0 saturated carbocycles. The van der Waals surface area contributed by atoms with E-state index in [1.165, 1.54) is 60.7 Å². The number of nitrogens with one attached hydrogen (secondary N) is 2. The molecule has 3 aromatic carbocycles. The minimum absolute atomic E-state index is 0.0237. The van der Waals surface area contributed by atoms with E-state index in [2.05, 4.69) is 10.0 Å². The lowest BCUT2D eigenvalue weighted by Gasteiger charge is -2.17. The van der Waals surface area contributed by atoms with Crippen molar-refractivity contribution in [3.63, 3.8) is 0 Å². The number of hydrogen-bond acceptors (Lipinski definition) is 4. The Kier molecular flexibility index (Phi) is 6.86. The number of halogens is 2. The van der Waals surface area contributed by atoms with Crippen LogP contribution in [0.5, 0.6) is 5.75 Å². The van der Waals surface area contributed by atoms with Crippen LogP contribution in [0, 0.1) is 11.6 Å². The van der Waals surface area contributed by atoms with E-state index >= 15 is 0 Å². The summed E-state index contributed by atoms with van der Waals surface area (Å²) < 4.78 is 58.9. The van der Waals surface area contributed by atoms with Crippen molar-refractivity contribution >= 4 is 27.3 Å². The zero-order chi connectivity index (χ0) is 22.4. The van der Waals surface area contributed by atoms with Crippen LogP contribution in [0.15, 0.2) is 77.7 Å². The van der Waals surface area contributed by atoms with Gasteiger partial charge in [0.25, 0.3) is 15.9 Å². The molecule has 0 aromatic heterocycles. The minimum atomic E-state index is -3.88. The molecule has 0 radical (unpaired) electrons. The van der Waals surface area contributed by atoms with Crippen LogP contribution in [-0.2, 0) is 14.8 Å². The Hall–Kier alpha value is -3.46. The Bertz CT molecular complexity index is 1130. The van der Waals surface area contributed by atoms with Gasteiger partial charge in [-0.3, -0.25) is 9.52 Å². The van der Waals surface area contributed by atoms with E-state index in [0.29, 0.717) is 17.9 Å². The quantitative estimate of drug-likeness (QED) is 0.531. The molecule has 162 valence electrons. The second-order valence-electron chi connectivity index (χ2n) is 6.59. The van der Waals surface area contributed by atoms with Gasteiger partial charge < -0.3 is 10.1 Å². The molecule has 3 rings (SSSR count). The summed E-state index contributed by atoms with van der Waals surface area (Å²) in [6.07, 6.45) is -0.439. The summed E-state index contributed by atoms with van der Waals surface area (Å²) in [7, 11) is -3.88. The molecule has 0 spiro atoms. The number of carbonyl (C=O) groups excluding carboxylic acids is 1. The SMILES string of the molecule is CCC(Oc1ccc(F)cc1)C(=O)Nc1ccc(S(=O)(=O)Nc2ccc(F)cc2)cc1. The van der Waals surface area contributed by atoms with Crippen molar-refractivity contribution in [1.82, 2.24) is 0 Å². The first-order valence-electron chi connectivity index (χ1n) is 9.38. The van der Waals surface area contributed by atoms with Crippen LogP contribution < -0.4 is 14.8 Å². The lowest BCUT2D eigenvalue weighted by molar-refractivity contribution is -0.122.